The van der Waals surface area contributed by atoms with Crippen LogP contribution in [0.15, 0.2) is 35.1 Å². The number of amides is 1. The number of nitrogens with one attached hydrogen (secondary N) is 1. The average molecular weight is 337 g/mol. The van der Waals surface area contributed by atoms with Gasteiger partial charge >= 0.3 is 0 Å². The van der Waals surface area contributed by atoms with Crippen molar-refractivity contribution in [2.75, 3.05) is 17.7 Å². The van der Waals surface area contributed by atoms with E-state index < -0.39 is 0 Å². The molecule has 0 fully saturated rings. The third-order valence-corrected chi connectivity index (χ3v) is 2.85. The number of carbonyl (C=O) groups excluding carboxylic acids is 1. The van der Waals surface area contributed by atoms with Crippen molar-refractivity contribution in [2.45, 2.75) is 6.92 Å². The highest BCUT2D eigenvalue weighted by molar-refractivity contribution is 9.10. The molecule has 3 N–H and O–H groups in total. The predicted octanol–water partition coefficient (Wildman–Crippen LogP) is 2.47. The first-order chi connectivity index (χ1) is 9.60. The molecule has 20 heavy (non-hydrogen) atoms. The smallest absolute Gasteiger partial charge is 0.259 e. The molecular weight excluding hydrogens is 324 g/mol. The van der Waals surface area contributed by atoms with Gasteiger partial charge in [0.25, 0.3) is 5.91 Å². The molecule has 0 radical (unpaired) electrons. The van der Waals surface area contributed by atoms with Gasteiger partial charge in [0, 0.05) is 16.7 Å². The Morgan fingerprint density at radius 1 is 1.40 bits per heavy atom. The van der Waals surface area contributed by atoms with Crippen molar-refractivity contribution in [1.82, 2.24) is 9.97 Å². The van der Waals surface area contributed by atoms with Crippen LogP contribution in [0.2, 0.25) is 0 Å². The van der Waals surface area contributed by atoms with Crippen LogP contribution in [0.4, 0.5) is 11.5 Å². The summed E-state index contributed by atoms with van der Waals surface area (Å²) in [7, 11) is 0. The molecular formula is C13H13BrN4O2. The zero-order valence-corrected chi connectivity index (χ0v) is 12.3. The van der Waals surface area contributed by atoms with Crippen LogP contribution >= 0.6 is 15.9 Å². The van der Waals surface area contributed by atoms with E-state index in [1.165, 1.54) is 12.4 Å². The van der Waals surface area contributed by atoms with Gasteiger partial charge in [-0.05, 0) is 35.0 Å². The van der Waals surface area contributed by atoms with Crippen molar-refractivity contribution in [3.8, 4) is 5.88 Å². The highest BCUT2D eigenvalue weighted by Gasteiger charge is 2.12. The molecule has 6 nitrogen and oxygen atoms in total. The lowest BCUT2D eigenvalue weighted by molar-refractivity contribution is 0.102. The summed E-state index contributed by atoms with van der Waals surface area (Å²) in [6.07, 6.45) is 3.05. The van der Waals surface area contributed by atoms with Gasteiger partial charge in [-0.1, -0.05) is 0 Å². The molecule has 2 aromatic heterocycles. The summed E-state index contributed by atoms with van der Waals surface area (Å²) in [6, 6.07) is 5.00. The lowest BCUT2D eigenvalue weighted by atomic mass is 10.2. The van der Waals surface area contributed by atoms with Crippen molar-refractivity contribution < 1.29 is 9.53 Å². The van der Waals surface area contributed by atoms with Crippen LogP contribution < -0.4 is 15.8 Å². The minimum atomic E-state index is -0.345. The molecule has 0 bridgehead atoms. The number of rotatable bonds is 4. The van der Waals surface area contributed by atoms with E-state index in [-0.39, 0.29) is 11.7 Å². The highest BCUT2D eigenvalue weighted by atomic mass is 79.9. The van der Waals surface area contributed by atoms with E-state index in [4.69, 9.17) is 10.5 Å². The Hall–Kier alpha value is -2.15. The van der Waals surface area contributed by atoms with Crippen molar-refractivity contribution in [3.05, 3.63) is 40.6 Å². The number of aromatic nitrogens is 2. The third-order valence-electron chi connectivity index (χ3n) is 2.42. The maximum absolute atomic E-state index is 12.1. The third kappa shape index (κ3) is 3.45. The topological polar surface area (TPSA) is 90.1 Å². The fraction of sp³-hybridized carbons (Fsp3) is 0.154. The minimum Gasteiger partial charge on any atom is -0.478 e. The van der Waals surface area contributed by atoms with Gasteiger partial charge < -0.3 is 15.8 Å². The van der Waals surface area contributed by atoms with Crippen LogP contribution in [-0.2, 0) is 0 Å². The summed E-state index contributed by atoms with van der Waals surface area (Å²) in [4.78, 5) is 20.1. The molecule has 0 aliphatic rings. The van der Waals surface area contributed by atoms with Gasteiger partial charge in [-0.2, -0.15) is 0 Å². The average Bonchev–Trinajstić information content (AvgIpc) is 2.44. The van der Waals surface area contributed by atoms with Crippen molar-refractivity contribution in [3.63, 3.8) is 0 Å². The summed E-state index contributed by atoms with van der Waals surface area (Å²) in [5, 5.41) is 2.70. The van der Waals surface area contributed by atoms with E-state index in [2.05, 4.69) is 31.2 Å². The maximum atomic E-state index is 12.1. The molecule has 0 aromatic carbocycles. The molecule has 2 rings (SSSR count). The van der Waals surface area contributed by atoms with Gasteiger partial charge in [-0.25, -0.2) is 9.97 Å². The SMILES string of the molecule is CCOc1ccc(NC(=O)c2cc(Br)cnc2N)cn1. The van der Waals surface area contributed by atoms with Gasteiger partial charge in [0.05, 0.1) is 24.1 Å². The minimum absolute atomic E-state index is 0.171. The summed E-state index contributed by atoms with van der Waals surface area (Å²) in [6.45, 7) is 2.42. The van der Waals surface area contributed by atoms with Crippen LogP contribution in [0, 0.1) is 0 Å². The Balaban J connectivity index is 2.13. The van der Waals surface area contributed by atoms with E-state index in [1.54, 1.807) is 18.2 Å². The van der Waals surface area contributed by atoms with E-state index in [9.17, 15) is 4.79 Å². The first-order valence-corrected chi connectivity index (χ1v) is 6.70. The summed E-state index contributed by atoms with van der Waals surface area (Å²) < 4.78 is 5.91. The molecule has 0 saturated heterocycles. The molecule has 0 spiro atoms. The van der Waals surface area contributed by atoms with E-state index in [0.717, 1.165) is 0 Å². The number of nitrogens with zero attached hydrogens (tertiary/aromatic N) is 2. The molecule has 2 aromatic rings. The van der Waals surface area contributed by atoms with Crippen molar-refractivity contribution >= 4 is 33.3 Å². The first kappa shape index (κ1) is 14.3. The number of hydrogen-bond donors (Lipinski definition) is 2. The van der Waals surface area contributed by atoms with Crippen LogP contribution in [0.5, 0.6) is 5.88 Å². The zero-order valence-electron chi connectivity index (χ0n) is 10.8. The predicted molar refractivity (Wildman–Crippen MR) is 79.7 cm³/mol. The van der Waals surface area contributed by atoms with Crippen LogP contribution in [0.1, 0.15) is 17.3 Å². The molecule has 0 atom stereocenters. The van der Waals surface area contributed by atoms with Crippen LogP contribution in [0.3, 0.4) is 0 Å². The van der Waals surface area contributed by atoms with Gasteiger partial charge in [-0.3, -0.25) is 4.79 Å². The Bertz CT molecular complexity index is 616. The lowest BCUT2D eigenvalue weighted by Gasteiger charge is -2.08. The molecule has 0 unspecified atom stereocenters. The second-order valence-corrected chi connectivity index (χ2v) is 4.77. The fourth-order valence-corrected chi connectivity index (χ4v) is 1.85. The number of carbonyl (C=O) groups is 1. The highest BCUT2D eigenvalue weighted by Crippen LogP contribution is 2.18. The summed E-state index contributed by atoms with van der Waals surface area (Å²) >= 11 is 3.25. The Morgan fingerprint density at radius 3 is 2.85 bits per heavy atom. The normalized spacial score (nSPS) is 10.1. The van der Waals surface area contributed by atoms with E-state index in [0.29, 0.717) is 28.2 Å². The summed E-state index contributed by atoms with van der Waals surface area (Å²) in [5.74, 6) is 0.334. The Morgan fingerprint density at radius 2 is 2.20 bits per heavy atom. The number of pyridine rings is 2. The number of nitrogens with two attached hydrogens (primary N) is 1. The lowest BCUT2D eigenvalue weighted by Crippen LogP contribution is -2.15. The van der Waals surface area contributed by atoms with Crippen LogP contribution in [-0.4, -0.2) is 22.5 Å². The Kier molecular flexibility index (Phi) is 4.52. The quantitative estimate of drug-likeness (QED) is 0.894. The zero-order chi connectivity index (χ0) is 14.5. The first-order valence-electron chi connectivity index (χ1n) is 5.91. The number of hydrogen-bond acceptors (Lipinski definition) is 5. The van der Waals surface area contributed by atoms with Gasteiger partial charge in [-0.15, -0.1) is 0 Å². The maximum Gasteiger partial charge on any atom is 0.259 e. The van der Waals surface area contributed by atoms with Gasteiger partial charge in [0.2, 0.25) is 5.88 Å². The molecule has 1 amide bonds. The monoisotopic (exact) mass is 336 g/mol. The fourth-order valence-electron chi connectivity index (χ4n) is 1.52. The van der Waals surface area contributed by atoms with Crippen molar-refractivity contribution in [1.29, 1.82) is 0 Å². The molecule has 7 heteroatoms. The molecule has 0 aliphatic heterocycles. The number of halogens is 1. The molecule has 2 heterocycles. The van der Waals surface area contributed by atoms with Gasteiger partial charge in [0.15, 0.2) is 0 Å². The summed E-state index contributed by atoms with van der Waals surface area (Å²) in [5.41, 5.74) is 6.53. The number of anilines is 2. The number of ether oxygens (including phenoxy) is 1. The molecule has 104 valence electrons. The van der Waals surface area contributed by atoms with Crippen molar-refractivity contribution in [2.24, 2.45) is 0 Å². The van der Waals surface area contributed by atoms with E-state index >= 15 is 0 Å². The van der Waals surface area contributed by atoms with Gasteiger partial charge in [0.1, 0.15) is 5.82 Å². The largest absolute Gasteiger partial charge is 0.478 e. The Labute approximate surface area is 124 Å². The second kappa shape index (κ2) is 6.33. The second-order valence-electron chi connectivity index (χ2n) is 3.86. The van der Waals surface area contributed by atoms with E-state index in [1.807, 2.05) is 6.92 Å². The number of nitrogen functional groups attached to an aromatic ring is 1. The molecule has 0 saturated carbocycles. The van der Waals surface area contributed by atoms with Crippen LogP contribution in [0.25, 0.3) is 0 Å². The molecule has 0 aliphatic carbocycles. The standard InChI is InChI=1S/C13H13BrN4O2/c1-2-20-11-4-3-9(7-16-11)18-13(19)10-5-8(14)6-17-12(10)15/h3-7H,2H2,1H3,(H2,15,17)(H,18,19).